The topological polar surface area (TPSA) is 9.72 Å². The van der Waals surface area contributed by atoms with Crippen molar-refractivity contribution in [3.05, 3.63) is 0 Å². The Morgan fingerprint density at radius 3 is 2.75 bits per heavy atom. The molecule has 3 heteroatoms. The van der Waals surface area contributed by atoms with Crippen LogP contribution in [0.5, 0.6) is 0 Å². The highest BCUT2D eigenvalue weighted by Gasteiger charge is 2.32. The van der Waals surface area contributed by atoms with E-state index in [0.29, 0.717) is 0 Å². The third-order valence-electron chi connectivity index (χ3n) is 4.68. The molecule has 0 spiro atoms. The standard InChI is InChI=1S/C13H25N3/c1-14-6-4-12(9-14)10-15-7-8-16-5-2-3-13(16)11-15/h12-13H,2-11H2,1H3. The predicted molar refractivity (Wildman–Crippen MR) is 66.6 cm³/mol. The molecule has 2 unspecified atom stereocenters. The van der Waals surface area contributed by atoms with Crippen LogP contribution in [0.1, 0.15) is 19.3 Å². The van der Waals surface area contributed by atoms with Crippen LogP contribution < -0.4 is 0 Å². The van der Waals surface area contributed by atoms with Gasteiger partial charge in [0.2, 0.25) is 0 Å². The summed E-state index contributed by atoms with van der Waals surface area (Å²) in [4.78, 5) is 7.92. The van der Waals surface area contributed by atoms with Crippen molar-refractivity contribution < 1.29 is 0 Å². The van der Waals surface area contributed by atoms with Crippen molar-refractivity contribution in [2.75, 3.05) is 52.9 Å². The maximum atomic E-state index is 2.73. The summed E-state index contributed by atoms with van der Waals surface area (Å²) < 4.78 is 0. The molecule has 0 aromatic heterocycles. The highest BCUT2D eigenvalue weighted by atomic mass is 15.3. The fourth-order valence-corrected chi connectivity index (χ4v) is 3.76. The van der Waals surface area contributed by atoms with Gasteiger partial charge in [0, 0.05) is 38.8 Å². The van der Waals surface area contributed by atoms with Crippen LogP contribution >= 0.6 is 0 Å². The zero-order valence-corrected chi connectivity index (χ0v) is 10.6. The summed E-state index contributed by atoms with van der Waals surface area (Å²) in [5.74, 6) is 0.943. The summed E-state index contributed by atoms with van der Waals surface area (Å²) in [6.07, 6.45) is 4.30. The Hall–Kier alpha value is -0.120. The molecular weight excluding hydrogens is 198 g/mol. The summed E-state index contributed by atoms with van der Waals surface area (Å²) in [5.41, 5.74) is 0. The largest absolute Gasteiger partial charge is 0.306 e. The van der Waals surface area contributed by atoms with E-state index < -0.39 is 0 Å². The van der Waals surface area contributed by atoms with Gasteiger partial charge in [-0.3, -0.25) is 4.90 Å². The minimum atomic E-state index is 0.896. The lowest BCUT2D eigenvalue weighted by atomic mass is 10.1. The number of likely N-dealkylation sites (tertiary alicyclic amines) is 1. The van der Waals surface area contributed by atoms with Gasteiger partial charge in [-0.1, -0.05) is 0 Å². The molecule has 0 saturated carbocycles. The van der Waals surface area contributed by atoms with Crippen molar-refractivity contribution in [3.63, 3.8) is 0 Å². The van der Waals surface area contributed by atoms with E-state index in [9.17, 15) is 0 Å². The van der Waals surface area contributed by atoms with Crippen LogP contribution in [0.25, 0.3) is 0 Å². The van der Waals surface area contributed by atoms with Crippen LogP contribution in [0.4, 0.5) is 0 Å². The van der Waals surface area contributed by atoms with Gasteiger partial charge in [0.15, 0.2) is 0 Å². The van der Waals surface area contributed by atoms with Crippen LogP contribution in [0.3, 0.4) is 0 Å². The number of piperazine rings is 1. The van der Waals surface area contributed by atoms with Crippen molar-refractivity contribution in [1.82, 2.24) is 14.7 Å². The van der Waals surface area contributed by atoms with E-state index in [1.165, 1.54) is 65.1 Å². The Morgan fingerprint density at radius 1 is 1.00 bits per heavy atom. The Kier molecular flexibility index (Phi) is 3.18. The molecule has 0 aliphatic carbocycles. The molecule has 0 bridgehead atoms. The molecule has 3 saturated heterocycles. The highest BCUT2D eigenvalue weighted by molar-refractivity contribution is 4.88. The maximum Gasteiger partial charge on any atom is 0.0224 e. The van der Waals surface area contributed by atoms with Gasteiger partial charge in [-0.15, -0.1) is 0 Å². The normalized spacial score (nSPS) is 38.1. The predicted octanol–water partition coefficient (Wildman–Crippen LogP) is 0.718. The van der Waals surface area contributed by atoms with Gasteiger partial charge < -0.3 is 9.80 Å². The molecule has 0 radical (unpaired) electrons. The van der Waals surface area contributed by atoms with E-state index in [0.717, 1.165) is 12.0 Å². The minimum absolute atomic E-state index is 0.896. The fourth-order valence-electron chi connectivity index (χ4n) is 3.76. The summed E-state index contributed by atoms with van der Waals surface area (Å²) in [6, 6.07) is 0.896. The smallest absolute Gasteiger partial charge is 0.0224 e. The zero-order valence-electron chi connectivity index (χ0n) is 10.6. The van der Waals surface area contributed by atoms with Crippen molar-refractivity contribution >= 4 is 0 Å². The van der Waals surface area contributed by atoms with Crippen molar-refractivity contribution in [2.45, 2.75) is 25.3 Å². The molecule has 3 aliphatic heterocycles. The van der Waals surface area contributed by atoms with Gasteiger partial charge in [-0.2, -0.15) is 0 Å². The minimum Gasteiger partial charge on any atom is -0.306 e. The average Bonchev–Trinajstić information content (AvgIpc) is 2.87. The van der Waals surface area contributed by atoms with E-state index in [1.54, 1.807) is 0 Å². The van der Waals surface area contributed by atoms with E-state index in [1.807, 2.05) is 0 Å². The lowest BCUT2D eigenvalue weighted by Crippen LogP contribution is -2.51. The van der Waals surface area contributed by atoms with Crippen LogP contribution in [0.15, 0.2) is 0 Å². The fraction of sp³-hybridized carbons (Fsp3) is 1.00. The van der Waals surface area contributed by atoms with Crippen molar-refractivity contribution in [3.8, 4) is 0 Å². The van der Waals surface area contributed by atoms with Crippen LogP contribution in [-0.4, -0.2) is 73.6 Å². The van der Waals surface area contributed by atoms with Crippen molar-refractivity contribution in [1.29, 1.82) is 0 Å². The molecule has 3 nitrogen and oxygen atoms in total. The Morgan fingerprint density at radius 2 is 1.94 bits per heavy atom. The first-order valence-corrected chi connectivity index (χ1v) is 6.96. The second-order valence-electron chi connectivity index (χ2n) is 6.01. The average molecular weight is 223 g/mol. The van der Waals surface area contributed by atoms with E-state index in [2.05, 4.69) is 21.7 Å². The molecule has 3 aliphatic rings. The summed E-state index contributed by atoms with van der Waals surface area (Å²) >= 11 is 0. The molecule has 0 aromatic rings. The van der Waals surface area contributed by atoms with Gasteiger partial charge in [-0.25, -0.2) is 0 Å². The maximum absolute atomic E-state index is 2.73. The Balaban J connectivity index is 1.49. The first-order valence-electron chi connectivity index (χ1n) is 6.96. The molecule has 0 N–H and O–H groups in total. The molecule has 0 aromatic carbocycles. The first kappa shape index (κ1) is 11.0. The molecule has 0 amide bonds. The van der Waals surface area contributed by atoms with Gasteiger partial charge >= 0.3 is 0 Å². The Labute approximate surface area is 99.4 Å². The van der Waals surface area contributed by atoms with Gasteiger partial charge in [0.25, 0.3) is 0 Å². The lowest BCUT2D eigenvalue weighted by molar-refractivity contribution is 0.0927. The summed E-state index contributed by atoms with van der Waals surface area (Å²) in [5, 5.41) is 0. The van der Waals surface area contributed by atoms with Crippen LogP contribution in [-0.2, 0) is 0 Å². The lowest BCUT2D eigenvalue weighted by Gasteiger charge is -2.38. The van der Waals surface area contributed by atoms with E-state index in [4.69, 9.17) is 0 Å². The number of hydrogen-bond acceptors (Lipinski definition) is 3. The quantitative estimate of drug-likeness (QED) is 0.683. The van der Waals surface area contributed by atoms with Crippen molar-refractivity contribution in [2.24, 2.45) is 5.92 Å². The number of fused-ring (bicyclic) bond motifs is 1. The summed E-state index contributed by atoms with van der Waals surface area (Å²) in [6.45, 7) is 9.35. The van der Waals surface area contributed by atoms with Crippen LogP contribution in [0.2, 0.25) is 0 Å². The molecule has 16 heavy (non-hydrogen) atoms. The first-order chi connectivity index (χ1) is 7.81. The van der Waals surface area contributed by atoms with Gasteiger partial charge in [-0.05, 0) is 45.3 Å². The molecule has 3 fully saturated rings. The second-order valence-corrected chi connectivity index (χ2v) is 6.01. The number of rotatable bonds is 2. The number of nitrogens with zero attached hydrogens (tertiary/aromatic N) is 3. The second kappa shape index (κ2) is 4.63. The molecule has 3 heterocycles. The van der Waals surface area contributed by atoms with Gasteiger partial charge in [0.05, 0.1) is 0 Å². The molecule has 2 atom stereocenters. The summed E-state index contributed by atoms with van der Waals surface area (Å²) in [7, 11) is 2.26. The third-order valence-corrected chi connectivity index (χ3v) is 4.68. The van der Waals surface area contributed by atoms with Gasteiger partial charge in [0.1, 0.15) is 0 Å². The van der Waals surface area contributed by atoms with Crippen LogP contribution in [0, 0.1) is 5.92 Å². The third kappa shape index (κ3) is 2.27. The van der Waals surface area contributed by atoms with E-state index >= 15 is 0 Å². The molecular formula is C13H25N3. The molecule has 3 rings (SSSR count). The highest BCUT2D eigenvalue weighted by Crippen LogP contribution is 2.23. The number of hydrogen-bond donors (Lipinski definition) is 0. The molecule has 92 valence electrons. The monoisotopic (exact) mass is 223 g/mol. The zero-order chi connectivity index (χ0) is 11.0. The Bertz CT molecular complexity index is 243. The van der Waals surface area contributed by atoms with E-state index in [-0.39, 0.29) is 0 Å². The SMILES string of the molecule is CN1CCC(CN2CCN3CCCC3C2)C1.